The lowest BCUT2D eigenvalue weighted by Gasteiger charge is -2.15. The summed E-state index contributed by atoms with van der Waals surface area (Å²) in [7, 11) is 0. The average Bonchev–Trinajstić information content (AvgIpc) is 2.05. The quantitative estimate of drug-likeness (QED) is 0.816. The number of rotatable bonds is 2. The maximum atomic E-state index is 12.4. The highest BCUT2D eigenvalue weighted by Gasteiger charge is 2.34. The van der Waals surface area contributed by atoms with Crippen LogP contribution in [0.1, 0.15) is 12.6 Å². The van der Waals surface area contributed by atoms with E-state index in [1.165, 1.54) is 6.92 Å². The summed E-state index contributed by atoms with van der Waals surface area (Å²) in [4.78, 5) is 11.2. The lowest BCUT2D eigenvalue weighted by atomic mass is 10.3. The number of alkyl halides is 3. The highest BCUT2D eigenvalue weighted by Crippen LogP contribution is 2.28. The highest BCUT2D eigenvalue weighted by molar-refractivity contribution is 5.10. The fourth-order valence-corrected chi connectivity index (χ4v) is 1.22. The summed E-state index contributed by atoms with van der Waals surface area (Å²) in [6.45, 7) is 0.952. The van der Waals surface area contributed by atoms with Gasteiger partial charge in [-0.3, -0.25) is 4.79 Å². The molecule has 0 saturated carbocycles. The van der Waals surface area contributed by atoms with Gasteiger partial charge in [-0.05, 0) is 13.0 Å². The molecule has 1 aromatic heterocycles. The van der Waals surface area contributed by atoms with E-state index in [-0.39, 0.29) is 6.54 Å². The molecule has 1 atom stereocenters. The number of pyridine rings is 1. The third kappa shape index (κ3) is 2.82. The highest BCUT2D eigenvalue weighted by atomic mass is 19.4. The van der Waals surface area contributed by atoms with Crippen molar-refractivity contribution < 1.29 is 18.3 Å². The predicted octanol–water partition coefficient (Wildman–Crippen LogP) is 1.25. The molecule has 6 heteroatoms. The van der Waals surface area contributed by atoms with Crippen LogP contribution in [0.15, 0.2) is 23.0 Å². The van der Waals surface area contributed by atoms with Crippen molar-refractivity contribution in [3.63, 3.8) is 0 Å². The molecule has 0 unspecified atom stereocenters. The fourth-order valence-electron chi connectivity index (χ4n) is 1.22. The number of aliphatic hydroxyl groups is 1. The minimum atomic E-state index is -4.59. The van der Waals surface area contributed by atoms with Gasteiger partial charge >= 0.3 is 6.18 Å². The van der Waals surface area contributed by atoms with E-state index >= 15 is 0 Å². The van der Waals surface area contributed by atoms with Gasteiger partial charge < -0.3 is 9.67 Å². The van der Waals surface area contributed by atoms with Crippen LogP contribution in [0.25, 0.3) is 0 Å². The molecule has 0 aliphatic heterocycles. The Morgan fingerprint density at radius 3 is 2.53 bits per heavy atom. The van der Waals surface area contributed by atoms with Gasteiger partial charge in [0.15, 0.2) is 0 Å². The molecular weight excluding hydrogens is 211 g/mol. The van der Waals surface area contributed by atoms with Crippen LogP contribution in [0.4, 0.5) is 13.2 Å². The number of halogens is 3. The van der Waals surface area contributed by atoms with Crippen LogP contribution in [0.3, 0.4) is 0 Å². The van der Waals surface area contributed by atoms with Gasteiger partial charge in [0.05, 0.1) is 12.6 Å². The molecule has 1 N–H and O–H groups in total. The second kappa shape index (κ2) is 4.06. The van der Waals surface area contributed by atoms with Crippen molar-refractivity contribution >= 4 is 0 Å². The van der Waals surface area contributed by atoms with Crippen molar-refractivity contribution in [3.05, 3.63) is 34.2 Å². The van der Waals surface area contributed by atoms with Crippen molar-refractivity contribution in [1.29, 1.82) is 0 Å². The maximum absolute atomic E-state index is 12.4. The van der Waals surface area contributed by atoms with E-state index in [1.807, 2.05) is 0 Å². The molecule has 0 fully saturated rings. The summed E-state index contributed by atoms with van der Waals surface area (Å²) in [5.41, 5.74) is -1.82. The Morgan fingerprint density at radius 2 is 2.07 bits per heavy atom. The zero-order chi connectivity index (χ0) is 11.6. The van der Waals surface area contributed by atoms with Crippen LogP contribution in [0.5, 0.6) is 0 Å². The van der Waals surface area contributed by atoms with Crippen LogP contribution < -0.4 is 5.56 Å². The number of aliphatic hydroxyl groups excluding tert-OH is 1. The number of aromatic nitrogens is 1. The SMILES string of the molecule is C[C@@H](O)Cn1c(C(F)(F)F)cccc1=O. The zero-order valence-corrected chi connectivity index (χ0v) is 7.95. The van der Waals surface area contributed by atoms with Gasteiger partial charge in [-0.1, -0.05) is 6.07 Å². The Kier molecular flexibility index (Phi) is 3.18. The summed E-state index contributed by atoms with van der Waals surface area (Å²) < 4.78 is 37.8. The Morgan fingerprint density at radius 1 is 1.47 bits per heavy atom. The molecule has 0 spiro atoms. The van der Waals surface area contributed by atoms with Gasteiger partial charge in [-0.15, -0.1) is 0 Å². The summed E-state index contributed by atoms with van der Waals surface area (Å²) in [5, 5.41) is 8.99. The van der Waals surface area contributed by atoms with Crippen molar-refractivity contribution in [2.24, 2.45) is 0 Å². The van der Waals surface area contributed by atoms with Crippen LogP contribution in [0, 0.1) is 0 Å². The third-order valence-corrected chi connectivity index (χ3v) is 1.79. The van der Waals surface area contributed by atoms with E-state index < -0.39 is 23.5 Å². The summed E-state index contributed by atoms with van der Waals surface area (Å²) in [5.74, 6) is 0. The molecular formula is C9H10F3NO2. The molecule has 0 amide bonds. The van der Waals surface area contributed by atoms with Crippen LogP contribution in [0.2, 0.25) is 0 Å². The number of hydrogen-bond donors (Lipinski definition) is 1. The summed E-state index contributed by atoms with van der Waals surface area (Å²) in [6, 6.07) is 2.88. The number of nitrogens with zero attached hydrogens (tertiary/aromatic N) is 1. The van der Waals surface area contributed by atoms with Crippen molar-refractivity contribution in [3.8, 4) is 0 Å². The average molecular weight is 221 g/mol. The molecule has 0 bridgehead atoms. The van der Waals surface area contributed by atoms with E-state index in [0.717, 1.165) is 18.2 Å². The topological polar surface area (TPSA) is 42.2 Å². The molecule has 1 heterocycles. The van der Waals surface area contributed by atoms with Crippen LogP contribution in [-0.2, 0) is 12.7 Å². The van der Waals surface area contributed by atoms with Gasteiger partial charge in [0.1, 0.15) is 5.69 Å². The Labute approximate surface area is 83.8 Å². The largest absolute Gasteiger partial charge is 0.431 e. The molecule has 1 aromatic rings. The molecule has 3 nitrogen and oxygen atoms in total. The minimum Gasteiger partial charge on any atom is -0.392 e. The van der Waals surface area contributed by atoms with Crippen LogP contribution >= 0.6 is 0 Å². The predicted molar refractivity (Wildman–Crippen MR) is 47.4 cm³/mol. The van der Waals surface area contributed by atoms with Gasteiger partial charge in [0, 0.05) is 6.07 Å². The third-order valence-electron chi connectivity index (χ3n) is 1.79. The first-order chi connectivity index (χ1) is 6.82. The normalized spacial score (nSPS) is 13.9. The molecule has 1 rings (SSSR count). The first-order valence-corrected chi connectivity index (χ1v) is 4.27. The van der Waals surface area contributed by atoms with Gasteiger partial charge in [0.25, 0.3) is 5.56 Å². The van der Waals surface area contributed by atoms with Gasteiger partial charge in [-0.25, -0.2) is 0 Å². The summed E-state index contributed by atoms with van der Waals surface area (Å²) >= 11 is 0. The second-order valence-electron chi connectivity index (χ2n) is 3.21. The van der Waals surface area contributed by atoms with Gasteiger partial charge in [-0.2, -0.15) is 13.2 Å². The Balaban J connectivity index is 3.27. The van der Waals surface area contributed by atoms with E-state index in [1.54, 1.807) is 0 Å². The maximum Gasteiger partial charge on any atom is 0.431 e. The Hall–Kier alpha value is -1.30. The molecule has 0 radical (unpaired) electrons. The molecule has 15 heavy (non-hydrogen) atoms. The van der Waals surface area contributed by atoms with Crippen molar-refractivity contribution in [1.82, 2.24) is 4.57 Å². The number of hydrogen-bond acceptors (Lipinski definition) is 2. The smallest absolute Gasteiger partial charge is 0.392 e. The zero-order valence-electron chi connectivity index (χ0n) is 7.95. The monoisotopic (exact) mass is 221 g/mol. The van der Waals surface area contributed by atoms with E-state index in [9.17, 15) is 18.0 Å². The van der Waals surface area contributed by atoms with E-state index in [4.69, 9.17) is 5.11 Å². The first kappa shape index (κ1) is 11.8. The molecule has 0 saturated heterocycles. The summed E-state index contributed by atoms with van der Waals surface area (Å²) in [6.07, 6.45) is -5.60. The standard InChI is InChI=1S/C9H10F3NO2/c1-6(14)5-13-7(9(10,11)12)3-2-4-8(13)15/h2-4,6,14H,5H2,1H3/t6-/m1/s1. The molecule has 0 aromatic carbocycles. The fraction of sp³-hybridized carbons (Fsp3) is 0.444. The van der Waals surface area contributed by atoms with Crippen LogP contribution in [-0.4, -0.2) is 15.8 Å². The van der Waals surface area contributed by atoms with E-state index in [2.05, 4.69) is 0 Å². The Bertz CT molecular complexity index is 395. The molecule has 0 aliphatic carbocycles. The lowest BCUT2D eigenvalue weighted by Crippen LogP contribution is -2.30. The van der Waals surface area contributed by atoms with E-state index in [0.29, 0.717) is 4.57 Å². The molecule has 84 valence electrons. The van der Waals surface area contributed by atoms with Gasteiger partial charge in [0.2, 0.25) is 0 Å². The molecule has 0 aliphatic rings. The first-order valence-electron chi connectivity index (χ1n) is 4.27. The minimum absolute atomic E-state index is 0.367. The van der Waals surface area contributed by atoms with Crippen molar-refractivity contribution in [2.75, 3.05) is 0 Å². The second-order valence-corrected chi connectivity index (χ2v) is 3.21. The lowest BCUT2D eigenvalue weighted by molar-refractivity contribution is -0.144. The van der Waals surface area contributed by atoms with Crippen molar-refractivity contribution in [2.45, 2.75) is 25.7 Å².